The van der Waals surface area contributed by atoms with E-state index in [0.717, 1.165) is 28.7 Å². The van der Waals surface area contributed by atoms with Crippen molar-refractivity contribution in [2.75, 3.05) is 11.9 Å². The van der Waals surface area contributed by atoms with Crippen molar-refractivity contribution >= 4 is 28.2 Å². The third-order valence-electron chi connectivity index (χ3n) is 3.45. The second kappa shape index (κ2) is 6.87. The van der Waals surface area contributed by atoms with Gasteiger partial charge in [0.2, 0.25) is 0 Å². The summed E-state index contributed by atoms with van der Waals surface area (Å²) >= 11 is 0. The van der Waals surface area contributed by atoms with E-state index in [1.165, 1.54) is 0 Å². The van der Waals surface area contributed by atoms with Crippen LogP contribution in [0.3, 0.4) is 0 Å². The van der Waals surface area contributed by atoms with E-state index in [1.54, 1.807) is 24.7 Å². The predicted molar refractivity (Wildman–Crippen MR) is 91.9 cm³/mol. The zero-order chi connectivity index (χ0) is 16.1. The maximum atomic E-state index is 12.0. The molecule has 5 nitrogen and oxygen atoms in total. The average Bonchev–Trinajstić information content (AvgIpc) is 2.60. The molecule has 2 heterocycles. The fraction of sp³-hybridized carbons (Fsp3) is 0.167. The van der Waals surface area contributed by atoms with Gasteiger partial charge in [-0.15, -0.1) is 0 Å². The Hall–Kier alpha value is -2.95. The van der Waals surface area contributed by atoms with Gasteiger partial charge in [0.25, 0.3) is 5.91 Å². The molecule has 1 aromatic carbocycles. The monoisotopic (exact) mass is 306 g/mol. The molecule has 3 rings (SSSR count). The Labute approximate surface area is 134 Å². The normalized spacial score (nSPS) is 10.5. The summed E-state index contributed by atoms with van der Waals surface area (Å²) < 4.78 is 0. The first-order chi connectivity index (χ1) is 11.3. The van der Waals surface area contributed by atoms with Crippen molar-refractivity contribution in [2.45, 2.75) is 13.3 Å². The highest BCUT2D eigenvalue weighted by Gasteiger charge is 2.07. The summed E-state index contributed by atoms with van der Waals surface area (Å²) in [5.74, 6) is -0.112. The van der Waals surface area contributed by atoms with Crippen molar-refractivity contribution in [1.29, 1.82) is 0 Å². The van der Waals surface area contributed by atoms with Crippen LogP contribution in [0.5, 0.6) is 0 Å². The van der Waals surface area contributed by atoms with Crippen molar-refractivity contribution in [1.82, 2.24) is 15.3 Å². The maximum Gasteiger partial charge on any atom is 0.252 e. The van der Waals surface area contributed by atoms with Crippen LogP contribution < -0.4 is 10.6 Å². The zero-order valence-electron chi connectivity index (χ0n) is 12.9. The number of hydrogen-bond donors (Lipinski definition) is 2. The van der Waals surface area contributed by atoms with E-state index in [9.17, 15) is 4.79 Å². The molecule has 0 saturated heterocycles. The number of carbonyl (C=O) groups is 1. The molecule has 0 bridgehead atoms. The number of carbonyl (C=O) groups excluding carboxylic acids is 1. The van der Waals surface area contributed by atoms with E-state index >= 15 is 0 Å². The number of nitrogens with one attached hydrogen (secondary N) is 2. The smallest absolute Gasteiger partial charge is 0.252 e. The number of pyridine rings is 2. The van der Waals surface area contributed by atoms with Crippen LogP contribution in [0.2, 0.25) is 0 Å². The van der Waals surface area contributed by atoms with Gasteiger partial charge in [-0.3, -0.25) is 14.8 Å². The lowest BCUT2D eigenvalue weighted by molar-refractivity contribution is 0.0953. The van der Waals surface area contributed by atoms with E-state index in [0.29, 0.717) is 12.1 Å². The topological polar surface area (TPSA) is 66.9 Å². The van der Waals surface area contributed by atoms with Gasteiger partial charge in [-0.2, -0.15) is 0 Å². The molecule has 2 aromatic heterocycles. The predicted octanol–water partition coefficient (Wildman–Crippen LogP) is 3.51. The lowest BCUT2D eigenvalue weighted by Gasteiger charge is -2.10. The molecule has 0 aliphatic carbocycles. The van der Waals surface area contributed by atoms with Crippen molar-refractivity contribution in [3.8, 4) is 0 Å². The lowest BCUT2D eigenvalue weighted by Crippen LogP contribution is -2.24. The lowest BCUT2D eigenvalue weighted by atomic mass is 10.2. The van der Waals surface area contributed by atoms with Crippen LogP contribution in [0.25, 0.3) is 10.9 Å². The van der Waals surface area contributed by atoms with Crippen LogP contribution in [0.1, 0.15) is 23.7 Å². The van der Waals surface area contributed by atoms with Gasteiger partial charge in [-0.1, -0.05) is 25.1 Å². The minimum atomic E-state index is -0.112. The molecule has 0 aliphatic rings. The van der Waals surface area contributed by atoms with Crippen LogP contribution >= 0.6 is 0 Å². The summed E-state index contributed by atoms with van der Waals surface area (Å²) in [5.41, 5.74) is 3.07. The second-order valence-corrected chi connectivity index (χ2v) is 5.22. The third-order valence-corrected chi connectivity index (χ3v) is 3.45. The Morgan fingerprint density at radius 1 is 1.17 bits per heavy atom. The first-order valence-electron chi connectivity index (χ1n) is 7.62. The molecular weight excluding hydrogens is 288 g/mol. The van der Waals surface area contributed by atoms with E-state index in [2.05, 4.69) is 20.6 Å². The molecule has 1 amide bonds. The van der Waals surface area contributed by atoms with Gasteiger partial charge in [0.15, 0.2) is 0 Å². The molecule has 0 radical (unpaired) electrons. The van der Waals surface area contributed by atoms with Gasteiger partial charge in [0.05, 0.1) is 28.7 Å². The number of aromatic nitrogens is 2. The number of rotatable bonds is 5. The molecule has 0 atom stereocenters. The highest BCUT2D eigenvalue weighted by atomic mass is 16.1. The number of amides is 1. The van der Waals surface area contributed by atoms with Gasteiger partial charge >= 0.3 is 0 Å². The number of hydrogen-bond acceptors (Lipinski definition) is 4. The Morgan fingerprint density at radius 2 is 2.04 bits per heavy atom. The Morgan fingerprint density at radius 3 is 2.91 bits per heavy atom. The first-order valence-corrected chi connectivity index (χ1v) is 7.62. The minimum Gasteiger partial charge on any atom is -0.352 e. The van der Waals surface area contributed by atoms with Crippen LogP contribution in [0.4, 0.5) is 11.4 Å². The highest BCUT2D eigenvalue weighted by molar-refractivity contribution is 5.96. The summed E-state index contributed by atoms with van der Waals surface area (Å²) in [4.78, 5) is 20.6. The van der Waals surface area contributed by atoms with Crippen LogP contribution in [0, 0.1) is 0 Å². The van der Waals surface area contributed by atoms with E-state index in [-0.39, 0.29) is 5.91 Å². The molecule has 5 heteroatoms. The van der Waals surface area contributed by atoms with Crippen molar-refractivity contribution in [3.63, 3.8) is 0 Å². The molecule has 0 saturated carbocycles. The summed E-state index contributed by atoms with van der Waals surface area (Å²) in [5, 5.41) is 7.20. The highest BCUT2D eigenvalue weighted by Crippen LogP contribution is 2.24. The summed E-state index contributed by atoms with van der Waals surface area (Å²) in [7, 11) is 0. The summed E-state index contributed by atoms with van der Waals surface area (Å²) in [6, 6.07) is 11.7. The fourth-order valence-corrected chi connectivity index (χ4v) is 2.33. The van der Waals surface area contributed by atoms with Crippen molar-refractivity contribution in [3.05, 3.63) is 60.6 Å². The van der Waals surface area contributed by atoms with Crippen molar-refractivity contribution < 1.29 is 4.79 Å². The Bertz CT molecular complexity index is 827. The van der Waals surface area contributed by atoms with E-state index < -0.39 is 0 Å². The molecule has 0 fully saturated rings. The molecule has 0 unspecified atom stereocenters. The van der Waals surface area contributed by atoms with Crippen LogP contribution in [0.15, 0.2) is 55.0 Å². The molecule has 3 aromatic rings. The number of para-hydroxylation sites is 1. The maximum absolute atomic E-state index is 12.0. The summed E-state index contributed by atoms with van der Waals surface area (Å²) in [6.45, 7) is 2.67. The SMILES string of the molecule is CCCNC(=O)c1cncc(Nc2cccc3cccnc23)c1. The number of nitrogens with zero attached hydrogens (tertiary/aromatic N) is 2. The molecule has 23 heavy (non-hydrogen) atoms. The number of anilines is 2. The third kappa shape index (κ3) is 3.45. The molecule has 116 valence electrons. The van der Waals surface area contributed by atoms with Gasteiger partial charge < -0.3 is 10.6 Å². The zero-order valence-corrected chi connectivity index (χ0v) is 12.9. The number of benzene rings is 1. The largest absolute Gasteiger partial charge is 0.352 e. The molecule has 0 spiro atoms. The number of fused-ring (bicyclic) bond motifs is 1. The van der Waals surface area contributed by atoms with Crippen LogP contribution in [-0.2, 0) is 0 Å². The standard InChI is InChI=1S/C18H18N4O/c1-2-8-21-18(23)14-10-15(12-19-11-14)22-16-7-3-5-13-6-4-9-20-17(13)16/h3-7,9-12,22H,2,8H2,1H3,(H,21,23). The van der Waals surface area contributed by atoms with Gasteiger partial charge in [-0.05, 0) is 24.6 Å². The second-order valence-electron chi connectivity index (χ2n) is 5.22. The van der Waals surface area contributed by atoms with E-state index in [1.807, 2.05) is 37.3 Å². The van der Waals surface area contributed by atoms with E-state index in [4.69, 9.17) is 0 Å². The average molecular weight is 306 g/mol. The fourth-order valence-electron chi connectivity index (χ4n) is 2.33. The quantitative estimate of drug-likeness (QED) is 0.757. The Balaban J connectivity index is 1.86. The summed E-state index contributed by atoms with van der Waals surface area (Å²) in [6.07, 6.45) is 5.93. The first kappa shape index (κ1) is 15.0. The van der Waals surface area contributed by atoms with Gasteiger partial charge in [0, 0.05) is 24.3 Å². The van der Waals surface area contributed by atoms with Gasteiger partial charge in [-0.25, -0.2) is 0 Å². The van der Waals surface area contributed by atoms with Crippen LogP contribution in [-0.4, -0.2) is 22.4 Å². The molecular formula is C18H18N4O. The van der Waals surface area contributed by atoms with Gasteiger partial charge in [0.1, 0.15) is 0 Å². The molecule has 2 N–H and O–H groups in total. The minimum absolute atomic E-state index is 0.112. The van der Waals surface area contributed by atoms with Crippen molar-refractivity contribution in [2.24, 2.45) is 0 Å². The molecule has 0 aliphatic heterocycles. The Kier molecular flexibility index (Phi) is 4.47.